The topological polar surface area (TPSA) is 66.5 Å². The van der Waals surface area contributed by atoms with Crippen molar-refractivity contribution in [2.75, 3.05) is 22.4 Å². The standard InChI is InChI=1S/C19H23ClN2O3S/c1-13-5-8-18(15(3)11-13)22(26(4,24)25)10-9-19(23)21-16-7-6-14(2)17(20)12-16/h5-8,11-12H,9-10H2,1-4H3,(H,21,23). The molecule has 0 spiro atoms. The van der Waals surface area contributed by atoms with Crippen LogP contribution in [0.5, 0.6) is 0 Å². The SMILES string of the molecule is Cc1ccc(N(CCC(=O)Nc2ccc(C)c(Cl)c2)S(C)(=O)=O)c(C)c1. The number of carbonyl (C=O) groups is 1. The molecule has 7 heteroatoms. The fourth-order valence-electron chi connectivity index (χ4n) is 2.65. The summed E-state index contributed by atoms with van der Waals surface area (Å²) in [5.74, 6) is -0.275. The van der Waals surface area contributed by atoms with Crippen molar-refractivity contribution in [2.24, 2.45) is 0 Å². The van der Waals surface area contributed by atoms with Crippen LogP contribution in [0.25, 0.3) is 0 Å². The third kappa shape index (κ3) is 5.22. The first-order valence-electron chi connectivity index (χ1n) is 8.19. The van der Waals surface area contributed by atoms with Gasteiger partial charge in [-0.3, -0.25) is 9.10 Å². The Labute approximate surface area is 160 Å². The second-order valence-electron chi connectivity index (χ2n) is 6.39. The minimum absolute atomic E-state index is 0.0336. The molecule has 0 saturated carbocycles. The van der Waals surface area contributed by atoms with Crippen molar-refractivity contribution in [3.63, 3.8) is 0 Å². The van der Waals surface area contributed by atoms with Crippen LogP contribution in [0.15, 0.2) is 36.4 Å². The van der Waals surface area contributed by atoms with Crippen LogP contribution in [0.2, 0.25) is 5.02 Å². The van der Waals surface area contributed by atoms with Gasteiger partial charge < -0.3 is 5.32 Å². The Hall–Kier alpha value is -2.05. The summed E-state index contributed by atoms with van der Waals surface area (Å²) in [5.41, 5.74) is 3.99. The van der Waals surface area contributed by atoms with E-state index in [0.717, 1.165) is 22.9 Å². The molecule has 0 bridgehead atoms. The minimum Gasteiger partial charge on any atom is -0.326 e. The van der Waals surface area contributed by atoms with Crippen molar-refractivity contribution in [3.05, 3.63) is 58.1 Å². The molecular weight excluding hydrogens is 372 g/mol. The van der Waals surface area contributed by atoms with Gasteiger partial charge in [-0.25, -0.2) is 8.42 Å². The Balaban J connectivity index is 2.12. The van der Waals surface area contributed by atoms with Crippen LogP contribution in [-0.2, 0) is 14.8 Å². The van der Waals surface area contributed by atoms with Crippen LogP contribution < -0.4 is 9.62 Å². The third-order valence-corrected chi connectivity index (χ3v) is 5.61. The molecule has 0 aliphatic rings. The molecule has 140 valence electrons. The normalized spacial score (nSPS) is 11.3. The first-order chi connectivity index (χ1) is 12.1. The van der Waals surface area contributed by atoms with Crippen LogP contribution in [0.3, 0.4) is 0 Å². The van der Waals surface area contributed by atoms with Crippen LogP contribution in [0.1, 0.15) is 23.1 Å². The number of sulfonamides is 1. The predicted molar refractivity (Wildman–Crippen MR) is 108 cm³/mol. The second kappa shape index (κ2) is 8.10. The van der Waals surface area contributed by atoms with E-state index in [1.807, 2.05) is 39.0 Å². The van der Waals surface area contributed by atoms with Gasteiger partial charge in [0.1, 0.15) is 0 Å². The Morgan fingerprint density at radius 2 is 1.77 bits per heavy atom. The molecule has 0 aliphatic carbocycles. The van der Waals surface area contributed by atoms with Crippen LogP contribution in [0.4, 0.5) is 11.4 Å². The number of nitrogens with zero attached hydrogens (tertiary/aromatic N) is 1. The fourth-order valence-corrected chi connectivity index (χ4v) is 3.81. The van der Waals surface area contributed by atoms with Crippen molar-refractivity contribution in [3.8, 4) is 0 Å². The van der Waals surface area contributed by atoms with Crippen molar-refractivity contribution in [1.82, 2.24) is 0 Å². The lowest BCUT2D eigenvalue weighted by Gasteiger charge is -2.24. The molecule has 2 aromatic rings. The number of nitrogens with one attached hydrogen (secondary N) is 1. The van der Waals surface area contributed by atoms with Gasteiger partial charge in [-0.2, -0.15) is 0 Å². The quantitative estimate of drug-likeness (QED) is 0.803. The molecule has 0 atom stereocenters. The lowest BCUT2D eigenvalue weighted by Crippen LogP contribution is -2.33. The average Bonchev–Trinajstić information content (AvgIpc) is 2.51. The minimum atomic E-state index is -3.50. The van der Waals surface area contributed by atoms with E-state index >= 15 is 0 Å². The molecular formula is C19H23ClN2O3S. The summed E-state index contributed by atoms with van der Waals surface area (Å²) in [4.78, 5) is 12.2. The van der Waals surface area contributed by atoms with Crippen molar-refractivity contribution < 1.29 is 13.2 Å². The highest BCUT2D eigenvalue weighted by Gasteiger charge is 2.20. The highest BCUT2D eigenvalue weighted by atomic mass is 35.5. The van der Waals surface area contributed by atoms with E-state index in [0.29, 0.717) is 16.4 Å². The largest absolute Gasteiger partial charge is 0.326 e. The number of halogens is 1. The molecule has 26 heavy (non-hydrogen) atoms. The third-order valence-electron chi connectivity index (χ3n) is 4.02. The molecule has 0 fully saturated rings. The van der Waals surface area contributed by atoms with Crippen LogP contribution in [-0.4, -0.2) is 27.1 Å². The van der Waals surface area contributed by atoms with Crippen molar-refractivity contribution >= 4 is 38.9 Å². The van der Waals surface area contributed by atoms with E-state index in [1.165, 1.54) is 4.31 Å². The molecule has 1 N–H and O–H groups in total. The Morgan fingerprint density at radius 3 is 2.35 bits per heavy atom. The van der Waals surface area contributed by atoms with Gasteiger partial charge in [-0.1, -0.05) is 35.4 Å². The molecule has 0 radical (unpaired) electrons. The summed E-state index contributed by atoms with van der Waals surface area (Å²) in [7, 11) is -3.50. The molecule has 2 rings (SSSR count). The Kier molecular flexibility index (Phi) is 6.31. The van der Waals surface area contributed by atoms with Crippen LogP contribution >= 0.6 is 11.6 Å². The maximum atomic E-state index is 12.2. The van der Waals surface area contributed by atoms with E-state index in [4.69, 9.17) is 11.6 Å². The van der Waals surface area contributed by atoms with Gasteiger partial charge in [0.15, 0.2) is 0 Å². The zero-order valence-electron chi connectivity index (χ0n) is 15.3. The molecule has 0 heterocycles. The highest BCUT2D eigenvalue weighted by Crippen LogP contribution is 2.24. The molecule has 0 saturated heterocycles. The number of anilines is 2. The highest BCUT2D eigenvalue weighted by molar-refractivity contribution is 7.92. The number of rotatable bonds is 6. The van der Waals surface area contributed by atoms with Crippen molar-refractivity contribution in [1.29, 1.82) is 0 Å². The maximum absolute atomic E-state index is 12.2. The molecule has 0 aliphatic heterocycles. The summed E-state index contributed by atoms with van der Waals surface area (Å²) in [6, 6.07) is 10.8. The predicted octanol–water partition coefficient (Wildman–Crippen LogP) is 4.06. The zero-order valence-corrected chi connectivity index (χ0v) is 16.9. The van der Waals surface area contributed by atoms with Gasteiger partial charge >= 0.3 is 0 Å². The monoisotopic (exact) mass is 394 g/mol. The number of aryl methyl sites for hydroxylation is 3. The lowest BCUT2D eigenvalue weighted by atomic mass is 10.1. The molecule has 5 nitrogen and oxygen atoms in total. The number of benzene rings is 2. The van der Waals surface area contributed by atoms with Crippen LogP contribution in [0, 0.1) is 20.8 Å². The maximum Gasteiger partial charge on any atom is 0.232 e. The van der Waals surface area contributed by atoms with E-state index in [1.54, 1.807) is 18.2 Å². The summed E-state index contributed by atoms with van der Waals surface area (Å²) in [6.45, 7) is 5.74. The number of hydrogen-bond donors (Lipinski definition) is 1. The first-order valence-corrected chi connectivity index (χ1v) is 10.4. The van der Waals surface area contributed by atoms with Gasteiger partial charge in [0.05, 0.1) is 11.9 Å². The van der Waals surface area contributed by atoms with Crippen molar-refractivity contribution in [2.45, 2.75) is 27.2 Å². The van der Waals surface area contributed by atoms with Gasteiger partial charge in [-0.15, -0.1) is 0 Å². The van der Waals surface area contributed by atoms with Gasteiger partial charge in [0.25, 0.3) is 0 Å². The van der Waals surface area contributed by atoms with E-state index in [2.05, 4.69) is 5.32 Å². The van der Waals surface area contributed by atoms with Gasteiger partial charge in [0, 0.05) is 23.7 Å². The lowest BCUT2D eigenvalue weighted by molar-refractivity contribution is -0.116. The molecule has 2 aromatic carbocycles. The number of amides is 1. The zero-order chi connectivity index (χ0) is 19.5. The molecule has 0 aromatic heterocycles. The number of carbonyl (C=O) groups excluding carboxylic acids is 1. The molecule has 0 unspecified atom stereocenters. The van der Waals surface area contributed by atoms with Gasteiger partial charge in [0.2, 0.25) is 15.9 Å². The van der Waals surface area contributed by atoms with E-state index in [9.17, 15) is 13.2 Å². The van der Waals surface area contributed by atoms with Gasteiger partial charge in [-0.05, 0) is 50.1 Å². The summed E-state index contributed by atoms with van der Waals surface area (Å²) >= 11 is 6.06. The van der Waals surface area contributed by atoms with E-state index in [-0.39, 0.29) is 18.9 Å². The smallest absolute Gasteiger partial charge is 0.232 e. The first kappa shape index (κ1) is 20.3. The fraction of sp³-hybridized carbons (Fsp3) is 0.316. The summed E-state index contributed by atoms with van der Waals surface area (Å²) < 4.78 is 25.7. The average molecular weight is 395 g/mol. The second-order valence-corrected chi connectivity index (χ2v) is 8.70. The summed E-state index contributed by atoms with van der Waals surface area (Å²) in [6.07, 6.45) is 1.18. The number of hydrogen-bond acceptors (Lipinski definition) is 3. The Bertz CT molecular complexity index is 926. The van der Waals surface area contributed by atoms with E-state index < -0.39 is 10.0 Å². The Morgan fingerprint density at radius 1 is 1.08 bits per heavy atom. The summed E-state index contributed by atoms with van der Waals surface area (Å²) in [5, 5.41) is 3.31. The molecule has 1 amide bonds.